The van der Waals surface area contributed by atoms with Gasteiger partial charge in [0.1, 0.15) is 22.2 Å². The first-order valence-corrected chi connectivity index (χ1v) is 11.8. The minimum atomic E-state index is -3.75. The first kappa shape index (κ1) is 21.3. The zero-order chi connectivity index (χ0) is 21.1. The van der Waals surface area contributed by atoms with E-state index >= 15 is 0 Å². The number of sulfone groups is 1. The molecular formula is C20H23ClFN3O4S. The summed E-state index contributed by atoms with van der Waals surface area (Å²) in [5, 5.41) is -0.483. The van der Waals surface area contributed by atoms with Gasteiger partial charge in [-0.15, -0.1) is 0 Å². The van der Waals surface area contributed by atoms with Gasteiger partial charge in [0.15, 0.2) is 9.84 Å². The Hall–Kier alpha value is -1.94. The Morgan fingerprint density at radius 1 is 1.17 bits per heavy atom. The van der Waals surface area contributed by atoms with E-state index in [2.05, 4.69) is 9.88 Å². The van der Waals surface area contributed by atoms with Crippen molar-refractivity contribution >= 4 is 27.1 Å². The molecule has 2 aromatic rings. The van der Waals surface area contributed by atoms with Crippen molar-refractivity contribution in [3.63, 3.8) is 0 Å². The Bertz CT molecular complexity index is 1000. The molecule has 7 nitrogen and oxygen atoms in total. The molecule has 0 unspecified atom stereocenters. The van der Waals surface area contributed by atoms with Gasteiger partial charge in [-0.1, -0.05) is 41.9 Å². The number of benzene rings is 1. The van der Waals surface area contributed by atoms with E-state index in [1.165, 1.54) is 0 Å². The van der Waals surface area contributed by atoms with Crippen LogP contribution in [-0.2, 0) is 21.1 Å². The summed E-state index contributed by atoms with van der Waals surface area (Å²) >= 11 is 6.07. The van der Waals surface area contributed by atoms with E-state index in [0.29, 0.717) is 26.3 Å². The highest BCUT2D eigenvalue weighted by Gasteiger charge is 2.36. The predicted octanol–water partition coefficient (Wildman–Crippen LogP) is 2.38. The van der Waals surface area contributed by atoms with Crippen LogP contribution in [-0.4, -0.2) is 70.1 Å². The topological polar surface area (TPSA) is 72.0 Å². The standard InChI is InChI=1S/C20H23ClFN3O4S/c21-16-18-17(20(23-19(16)22)29-12-8-24-6-10-28-11-7-24)25(9-13-30(18,26)27)14-15-4-2-1-3-5-15/h1-5H,6-14H2. The van der Waals surface area contributed by atoms with Gasteiger partial charge < -0.3 is 14.4 Å². The number of ether oxygens (including phenoxy) is 2. The third-order valence-electron chi connectivity index (χ3n) is 5.22. The van der Waals surface area contributed by atoms with Gasteiger partial charge in [0.05, 0.1) is 19.0 Å². The second kappa shape index (κ2) is 9.05. The molecule has 0 amide bonds. The van der Waals surface area contributed by atoms with E-state index in [0.717, 1.165) is 18.7 Å². The molecule has 0 atom stereocenters. The van der Waals surface area contributed by atoms with Crippen LogP contribution >= 0.6 is 11.6 Å². The largest absolute Gasteiger partial charge is 0.475 e. The van der Waals surface area contributed by atoms with E-state index in [-0.39, 0.29) is 35.4 Å². The van der Waals surface area contributed by atoms with Crippen LogP contribution in [0, 0.1) is 5.95 Å². The van der Waals surface area contributed by atoms with Crippen molar-refractivity contribution in [3.05, 3.63) is 46.9 Å². The number of rotatable bonds is 6. The number of fused-ring (bicyclic) bond motifs is 1. The van der Waals surface area contributed by atoms with Crippen molar-refractivity contribution in [2.75, 3.05) is 56.7 Å². The maximum atomic E-state index is 14.4. The van der Waals surface area contributed by atoms with Crippen LogP contribution in [0.2, 0.25) is 5.02 Å². The van der Waals surface area contributed by atoms with E-state index in [4.69, 9.17) is 21.1 Å². The molecule has 30 heavy (non-hydrogen) atoms. The van der Waals surface area contributed by atoms with Crippen LogP contribution in [0.25, 0.3) is 0 Å². The third kappa shape index (κ3) is 4.54. The van der Waals surface area contributed by atoms with Crippen LogP contribution < -0.4 is 9.64 Å². The summed E-state index contributed by atoms with van der Waals surface area (Å²) in [7, 11) is -3.75. The summed E-state index contributed by atoms with van der Waals surface area (Å²) in [4.78, 5) is 7.63. The average Bonchev–Trinajstić information content (AvgIpc) is 2.74. The van der Waals surface area contributed by atoms with Gasteiger partial charge in [0.2, 0.25) is 11.8 Å². The van der Waals surface area contributed by atoms with E-state index < -0.39 is 20.8 Å². The fraction of sp³-hybridized carbons (Fsp3) is 0.450. The lowest BCUT2D eigenvalue weighted by Crippen LogP contribution is -2.39. The smallest absolute Gasteiger partial charge is 0.241 e. The van der Waals surface area contributed by atoms with Crippen molar-refractivity contribution in [2.24, 2.45) is 0 Å². The van der Waals surface area contributed by atoms with Crippen LogP contribution in [0.5, 0.6) is 5.88 Å². The highest BCUT2D eigenvalue weighted by Crippen LogP contribution is 2.43. The summed E-state index contributed by atoms with van der Waals surface area (Å²) < 4.78 is 51.0. The second-order valence-corrected chi connectivity index (χ2v) is 9.65. The SMILES string of the molecule is O=S1(=O)CCN(Cc2ccccc2)c2c(OCCN3CCOCC3)nc(F)c(Cl)c21. The number of aromatic nitrogens is 1. The summed E-state index contributed by atoms with van der Waals surface area (Å²) in [6.45, 7) is 4.44. The fourth-order valence-electron chi connectivity index (χ4n) is 3.65. The first-order chi connectivity index (χ1) is 14.5. The Kier molecular flexibility index (Phi) is 6.43. The molecule has 1 aromatic heterocycles. The Labute approximate surface area is 180 Å². The van der Waals surface area contributed by atoms with Crippen molar-refractivity contribution in [3.8, 4) is 5.88 Å². The minimum Gasteiger partial charge on any atom is -0.475 e. The number of anilines is 1. The molecule has 0 N–H and O–H groups in total. The average molecular weight is 456 g/mol. The quantitative estimate of drug-likeness (QED) is 0.619. The normalized spacial score (nSPS) is 18.8. The lowest BCUT2D eigenvalue weighted by atomic mass is 10.2. The summed E-state index contributed by atoms with van der Waals surface area (Å²) in [6.07, 6.45) is 0. The molecule has 0 saturated carbocycles. The molecule has 1 saturated heterocycles. The number of hydrogen-bond acceptors (Lipinski definition) is 7. The zero-order valence-corrected chi connectivity index (χ0v) is 18.0. The number of morpholine rings is 1. The molecule has 162 valence electrons. The number of pyridine rings is 1. The van der Waals surface area contributed by atoms with Gasteiger partial charge in [0, 0.05) is 32.7 Å². The molecule has 10 heteroatoms. The molecule has 0 spiro atoms. The van der Waals surface area contributed by atoms with Gasteiger partial charge in [-0.25, -0.2) is 8.42 Å². The van der Waals surface area contributed by atoms with Crippen LogP contribution in [0.4, 0.5) is 10.1 Å². The molecule has 1 aromatic carbocycles. The molecule has 2 aliphatic heterocycles. The molecule has 2 aliphatic rings. The van der Waals surface area contributed by atoms with Crippen LogP contribution in [0.15, 0.2) is 35.2 Å². The van der Waals surface area contributed by atoms with E-state index in [1.807, 2.05) is 35.2 Å². The van der Waals surface area contributed by atoms with Gasteiger partial charge in [-0.2, -0.15) is 9.37 Å². The molecule has 3 heterocycles. The predicted molar refractivity (Wildman–Crippen MR) is 112 cm³/mol. The summed E-state index contributed by atoms with van der Waals surface area (Å²) in [5.41, 5.74) is 1.22. The molecule has 0 bridgehead atoms. The fourth-order valence-corrected chi connectivity index (χ4v) is 5.67. The number of hydrogen-bond donors (Lipinski definition) is 0. The lowest BCUT2D eigenvalue weighted by Gasteiger charge is -2.33. The summed E-state index contributed by atoms with van der Waals surface area (Å²) in [6, 6.07) is 9.62. The van der Waals surface area contributed by atoms with Crippen molar-refractivity contribution in [2.45, 2.75) is 11.4 Å². The highest BCUT2D eigenvalue weighted by molar-refractivity contribution is 7.91. The van der Waals surface area contributed by atoms with Crippen LogP contribution in [0.1, 0.15) is 5.56 Å². The number of halogens is 2. The minimum absolute atomic E-state index is 0.0423. The highest BCUT2D eigenvalue weighted by atomic mass is 35.5. The van der Waals surface area contributed by atoms with Gasteiger partial charge >= 0.3 is 0 Å². The van der Waals surface area contributed by atoms with Crippen molar-refractivity contribution in [1.82, 2.24) is 9.88 Å². The molecule has 0 radical (unpaired) electrons. The zero-order valence-electron chi connectivity index (χ0n) is 16.4. The Morgan fingerprint density at radius 3 is 2.63 bits per heavy atom. The van der Waals surface area contributed by atoms with E-state index in [9.17, 15) is 12.8 Å². The summed E-state index contributed by atoms with van der Waals surface area (Å²) in [5.74, 6) is -1.23. The van der Waals surface area contributed by atoms with Gasteiger partial charge in [0.25, 0.3) is 0 Å². The molecule has 1 fully saturated rings. The molecular weight excluding hydrogens is 433 g/mol. The monoisotopic (exact) mass is 455 g/mol. The Balaban J connectivity index is 1.65. The van der Waals surface area contributed by atoms with Crippen molar-refractivity contribution < 1.29 is 22.3 Å². The van der Waals surface area contributed by atoms with E-state index in [1.54, 1.807) is 0 Å². The maximum Gasteiger partial charge on any atom is 0.241 e. The molecule has 4 rings (SSSR count). The first-order valence-electron chi connectivity index (χ1n) is 9.79. The maximum absolute atomic E-state index is 14.4. The van der Waals surface area contributed by atoms with Gasteiger partial charge in [-0.3, -0.25) is 4.90 Å². The van der Waals surface area contributed by atoms with Gasteiger partial charge in [-0.05, 0) is 5.56 Å². The second-order valence-electron chi connectivity index (χ2n) is 7.23. The lowest BCUT2D eigenvalue weighted by molar-refractivity contribution is 0.0319. The number of nitrogens with zero attached hydrogens (tertiary/aromatic N) is 3. The Morgan fingerprint density at radius 2 is 1.90 bits per heavy atom. The third-order valence-corrected chi connectivity index (χ3v) is 7.42. The van der Waals surface area contributed by atoms with Crippen LogP contribution in [0.3, 0.4) is 0 Å². The molecule has 0 aliphatic carbocycles. The van der Waals surface area contributed by atoms with Crippen molar-refractivity contribution in [1.29, 1.82) is 0 Å².